The second-order valence-electron chi connectivity index (χ2n) is 7.99. The number of fused-ring (bicyclic) bond motifs is 1. The molecule has 2 aromatic rings. The number of benzene rings is 2. The zero-order chi connectivity index (χ0) is 25.3. The van der Waals surface area contributed by atoms with Crippen LogP contribution in [0, 0.1) is 6.92 Å². The molecule has 0 aromatic heterocycles. The molecule has 0 aliphatic carbocycles. The molecule has 35 heavy (non-hydrogen) atoms. The lowest BCUT2D eigenvalue weighted by atomic mass is 10.1. The van der Waals surface area contributed by atoms with Crippen LogP contribution in [0.4, 0.5) is 5.69 Å². The molecular formula is C24H21ClN2O6S2. The quantitative estimate of drug-likeness (QED) is 0.318. The van der Waals surface area contributed by atoms with Gasteiger partial charge in [0.05, 0.1) is 22.6 Å². The van der Waals surface area contributed by atoms with Crippen LogP contribution in [0.5, 0.6) is 0 Å². The number of hydrogen-bond acceptors (Lipinski definition) is 7. The van der Waals surface area contributed by atoms with Crippen LogP contribution in [0.25, 0.3) is 5.57 Å². The van der Waals surface area contributed by atoms with Crippen LogP contribution in [0.1, 0.15) is 23.1 Å². The number of aliphatic carboxylic acids is 1. The SMILES string of the molecule is Cc1ccc(COC(=O)CN2C(=O)/C(=C3\SC(S)N(CCC(=O)O)C3=O)c3cc(Cl)ccc32)cc1. The minimum absolute atomic E-state index is 0.0439. The third kappa shape index (κ3) is 5.34. The monoisotopic (exact) mass is 532 g/mol. The second-order valence-corrected chi connectivity index (χ2v) is 10.4. The van der Waals surface area contributed by atoms with E-state index in [0.29, 0.717) is 16.3 Å². The van der Waals surface area contributed by atoms with Gasteiger partial charge in [-0.3, -0.25) is 24.1 Å². The van der Waals surface area contributed by atoms with Crippen molar-refractivity contribution in [3.8, 4) is 0 Å². The summed E-state index contributed by atoms with van der Waals surface area (Å²) in [6.45, 7) is 1.63. The van der Waals surface area contributed by atoms with Gasteiger partial charge in [-0.2, -0.15) is 0 Å². The maximum absolute atomic E-state index is 13.4. The van der Waals surface area contributed by atoms with E-state index in [1.165, 1.54) is 9.80 Å². The van der Waals surface area contributed by atoms with Gasteiger partial charge >= 0.3 is 11.9 Å². The third-order valence-corrected chi connectivity index (χ3v) is 7.43. The predicted molar refractivity (Wildman–Crippen MR) is 136 cm³/mol. The number of nitrogens with zero attached hydrogens (tertiary/aromatic N) is 2. The average Bonchev–Trinajstić information content (AvgIpc) is 3.23. The number of carbonyl (C=O) groups excluding carboxylic acids is 3. The lowest BCUT2D eigenvalue weighted by Gasteiger charge is -2.17. The van der Waals surface area contributed by atoms with Gasteiger partial charge in [-0.05, 0) is 30.7 Å². The first-order valence-corrected chi connectivity index (χ1v) is 12.4. The van der Waals surface area contributed by atoms with Crippen molar-refractivity contribution in [3.63, 3.8) is 0 Å². The Morgan fingerprint density at radius 1 is 1.14 bits per heavy atom. The molecule has 1 fully saturated rings. The standard InChI is InChI=1S/C24H21ClN2O6S2/c1-13-2-4-14(5-3-13)12-33-19(30)11-27-17-7-6-15(25)10-16(17)20(22(27)31)21-23(32)26(24(34)35-21)9-8-18(28)29/h2-7,10,24,34H,8-9,11-12H2,1H3,(H,28,29)/b21-20-. The number of ether oxygens (including phenoxy) is 1. The summed E-state index contributed by atoms with van der Waals surface area (Å²) < 4.78 is 4.72. The highest BCUT2D eigenvalue weighted by Gasteiger charge is 2.43. The topological polar surface area (TPSA) is 104 Å². The molecule has 1 atom stereocenters. The molecule has 8 nitrogen and oxygen atoms in total. The highest BCUT2D eigenvalue weighted by Crippen LogP contribution is 2.47. The number of carboxylic acid groups (broad SMARTS) is 1. The van der Waals surface area contributed by atoms with E-state index in [9.17, 15) is 19.2 Å². The number of hydrogen-bond donors (Lipinski definition) is 2. The molecule has 1 unspecified atom stereocenters. The zero-order valence-corrected chi connectivity index (χ0v) is 21.0. The number of amides is 2. The second kappa shape index (κ2) is 10.3. The summed E-state index contributed by atoms with van der Waals surface area (Å²) in [6.07, 6.45) is -0.249. The van der Waals surface area contributed by atoms with Crippen LogP contribution < -0.4 is 4.90 Å². The Morgan fingerprint density at radius 2 is 1.86 bits per heavy atom. The highest BCUT2D eigenvalue weighted by molar-refractivity contribution is 8.14. The van der Waals surface area contributed by atoms with Gasteiger partial charge in [0.25, 0.3) is 11.8 Å². The van der Waals surface area contributed by atoms with Crippen LogP contribution in [0.3, 0.4) is 0 Å². The minimum Gasteiger partial charge on any atom is -0.481 e. The van der Waals surface area contributed by atoms with E-state index in [4.69, 9.17) is 21.4 Å². The smallest absolute Gasteiger partial charge is 0.326 e. The summed E-state index contributed by atoms with van der Waals surface area (Å²) in [5.74, 6) is -2.68. The minimum atomic E-state index is -1.05. The predicted octanol–water partition coefficient (Wildman–Crippen LogP) is 3.71. The molecule has 2 heterocycles. The fourth-order valence-electron chi connectivity index (χ4n) is 3.75. The van der Waals surface area contributed by atoms with Gasteiger partial charge in [0.1, 0.15) is 17.9 Å². The Balaban J connectivity index is 1.58. The van der Waals surface area contributed by atoms with Gasteiger partial charge in [0.2, 0.25) is 0 Å². The zero-order valence-electron chi connectivity index (χ0n) is 18.6. The van der Waals surface area contributed by atoms with Crippen LogP contribution in [-0.2, 0) is 30.5 Å². The molecule has 1 N–H and O–H groups in total. The average molecular weight is 533 g/mol. The van der Waals surface area contributed by atoms with Gasteiger partial charge in [0, 0.05) is 17.1 Å². The van der Waals surface area contributed by atoms with Gasteiger partial charge in [-0.15, -0.1) is 12.6 Å². The molecular weight excluding hydrogens is 512 g/mol. The maximum atomic E-state index is 13.4. The molecule has 2 amide bonds. The maximum Gasteiger partial charge on any atom is 0.326 e. The number of halogens is 1. The van der Waals surface area contributed by atoms with E-state index in [1.54, 1.807) is 18.2 Å². The van der Waals surface area contributed by atoms with Crippen molar-refractivity contribution in [3.05, 3.63) is 69.1 Å². The number of anilines is 1. The van der Waals surface area contributed by atoms with Crippen molar-refractivity contribution in [2.75, 3.05) is 18.0 Å². The van der Waals surface area contributed by atoms with Gasteiger partial charge in [0.15, 0.2) is 0 Å². The normalized spacial score (nSPS) is 19.3. The molecule has 0 saturated carbocycles. The largest absolute Gasteiger partial charge is 0.481 e. The van der Waals surface area contributed by atoms with Gasteiger partial charge in [-0.25, -0.2) is 0 Å². The molecule has 2 aliphatic heterocycles. The lowest BCUT2D eigenvalue weighted by Crippen LogP contribution is -2.34. The summed E-state index contributed by atoms with van der Waals surface area (Å²) in [5, 5.41) is 9.33. The lowest BCUT2D eigenvalue weighted by molar-refractivity contribution is -0.144. The third-order valence-electron chi connectivity index (χ3n) is 5.52. The number of thioether (sulfide) groups is 1. The van der Waals surface area contributed by atoms with E-state index >= 15 is 0 Å². The van der Waals surface area contributed by atoms with Crippen LogP contribution in [0.15, 0.2) is 47.4 Å². The van der Waals surface area contributed by atoms with Crippen molar-refractivity contribution >= 4 is 71.0 Å². The summed E-state index contributed by atoms with van der Waals surface area (Å²) in [7, 11) is 0. The van der Waals surface area contributed by atoms with Crippen molar-refractivity contribution in [1.29, 1.82) is 0 Å². The van der Waals surface area contributed by atoms with E-state index in [-0.39, 0.29) is 36.6 Å². The van der Waals surface area contributed by atoms with Crippen molar-refractivity contribution in [2.45, 2.75) is 24.7 Å². The summed E-state index contributed by atoms with van der Waals surface area (Å²) in [4.78, 5) is 52.8. The number of aryl methyl sites for hydroxylation is 1. The Kier molecular flexibility index (Phi) is 7.44. The van der Waals surface area contributed by atoms with Crippen LogP contribution in [0.2, 0.25) is 5.02 Å². The molecule has 182 valence electrons. The summed E-state index contributed by atoms with van der Waals surface area (Å²) >= 11 is 11.6. The molecule has 0 spiro atoms. The Morgan fingerprint density at radius 3 is 2.54 bits per heavy atom. The van der Waals surface area contributed by atoms with E-state index in [2.05, 4.69) is 12.6 Å². The first-order chi connectivity index (χ1) is 16.7. The van der Waals surface area contributed by atoms with E-state index in [1.807, 2.05) is 31.2 Å². The fraction of sp³-hybridized carbons (Fsp3) is 0.250. The number of carboxylic acids is 1. The molecule has 2 aromatic carbocycles. The first-order valence-electron chi connectivity index (χ1n) is 10.6. The number of thiol groups is 1. The number of rotatable bonds is 7. The van der Waals surface area contributed by atoms with Crippen molar-refractivity contribution < 1.29 is 29.0 Å². The first kappa shape index (κ1) is 25.2. The number of carbonyl (C=O) groups is 4. The summed E-state index contributed by atoms with van der Waals surface area (Å²) in [6, 6.07) is 12.3. The number of esters is 1. The van der Waals surface area contributed by atoms with Gasteiger partial charge < -0.3 is 14.7 Å². The van der Waals surface area contributed by atoms with Crippen molar-refractivity contribution in [2.24, 2.45) is 0 Å². The van der Waals surface area contributed by atoms with Crippen LogP contribution in [-0.4, -0.2) is 51.6 Å². The Labute approximate surface area is 216 Å². The van der Waals surface area contributed by atoms with Crippen LogP contribution >= 0.6 is 36.0 Å². The van der Waals surface area contributed by atoms with Gasteiger partial charge in [-0.1, -0.05) is 53.2 Å². The molecule has 0 radical (unpaired) electrons. The Bertz CT molecular complexity index is 1250. The van der Waals surface area contributed by atoms with E-state index < -0.39 is 28.5 Å². The molecule has 2 aliphatic rings. The molecule has 1 saturated heterocycles. The van der Waals surface area contributed by atoms with E-state index in [0.717, 1.165) is 22.9 Å². The Hall–Kier alpha value is -2.95. The molecule has 11 heteroatoms. The molecule has 4 rings (SSSR count). The summed E-state index contributed by atoms with van der Waals surface area (Å²) in [5.41, 5.74) is 2.87. The highest BCUT2D eigenvalue weighted by atomic mass is 35.5. The molecule has 0 bridgehead atoms. The fourth-order valence-corrected chi connectivity index (χ4v) is 5.53. The van der Waals surface area contributed by atoms with Crippen molar-refractivity contribution in [1.82, 2.24) is 4.90 Å².